The van der Waals surface area contributed by atoms with Gasteiger partial charge in [-0.25, -0.2) is 0 Å². The Morgan fingerprint density at radius 3 is 2.56 bits per heavy atom. The van der Waals surface area contributed by atoms with E-state index in [1.807, 2.05) is 24.3 Å². The molecule has 0 aromatic heterocycles. The first-order valence-corrected chi connectivity index (χ1v) is 8.67. The Morgan fingerprint density at radius 2 is 1.92 bits per heavy atom. The molecule has 7 heteroatoms. The van der Waals surface area contributed by atoms with Gasteiger partial charge in [-0.05, 0) is 43.5 Å². The minimum Gasteiger partial charge on any atom is -0.480 e. The van der Waals surface area contributed by atoms with Gasteiger partial charge in [0.25, 0.3) is 0 Å². The van der Waals surface area contributed by atoms with Crippen LogP contribution in [0.1, 0.15) is 31.2 Å². The van der Waals surface area contributed by atoms with Crippen molar-refractivity contribution in [2.75, 3.05) is 24.5 Å². The summed E-state index contributed by atoms with van der Waals surface area (Å²) in [4.78, 5) is 38.4. The lowest BCUT2D eigenvalue weighted by molar-refractivity contribution is -0.142. The van der Waals surface area contributed by atoms with Crippen molar-refractivity contribution in [1.82, 2.24) is 10.2 Å². The number of anilines is 1. The summed E-state index contributed by atoms with van der Waals surface area (Å²) in [6.07, 6.45) is 2.90. The van der Waals surface area contributed by atoms with Gasteiger partial charge in [-0.2, -0.15) is 0 Å². The van der Waals surface area contributed by atoms with Gasteiger partial charge in [-0.15, -0.1) is 0 Å². The fraction of sp³-hybridized carbons (Fsp3) is 0.500. The normalized spacial score (nSPS) is 20.9. The summed E-state index contributed by atoms with van der Waals surface area (Å²) >= 11 is 0. The number of aliphatic carboxylic acids is 1. The van der Waals surface area contributed by atoms with E-state index in [0.717, 1.165) is 30.6 Å². The van der Waals surface area contributed by atoms with Gasteiger partial charge >= 0.3 is 5.97 Å². The molecular formula is C18H23N3O4. The largest absolute Gasteiger partial charge is 0.480 e. The number of carbonyl (C=O) groups excluding carboxylic acids is 2. The molecule has 0 spiro atoms. The zero-order valence-corrected chi connectivity index (χ0v) is 14.1. The molecule has 2 heterocycles. The standard InChI is InChI=1S/C18H23N3O4/c22-16(12-20-9-1-3-15(20)18(24)25)19-11-13-5-7-14(8-6-13)21-10-2-4-17(21)23/h5-8,15H,1-4,9-12H2,(H,19,22)(H,24,25). The van der Waals surface area contributed by atoms with Crippen LogP contribution >= 0.6 is 0 Å². The number of benzene rings is 1. The van der Waals surface area contributed by atoms with Gasteiger partial charge < -0.3 is 15.3 Å². The number of nitrogens with one attached hydrogen (secondary N) is 1. The summed E-state index contributed by atoms with van der Waals surface area (Å²) in [7, 11) is 0. The lowest BCUT2D eigenvalue weighted by Gasteiger charge is -2.20. The number of hydrogen-bond acceptors (Lipinski definition) is 4. The molecule has 1 unspecified atom stereocenters. The van der Waals surface area contributed by atoms with Gasteiger partial charge in [0.15, 0.2) is 0 Å². The van der Waals surface area contributed by atoms with Crippen LogP contribution in [-0.2, 0) is 20.9 Å². The molecule has 2 aliphatic heterocycles. The van der Waals surface area contributed by atoms with E-state index in [4.69, 9.17) is 5.11 Å². The highest BCUT2D eigenvalue weighted by molar-refractivity contribution is 5.95. The maximum atomic E-state index is 12.1. The summed E-state index contributed by atoms with van der Waals surface area (Å²) < 4.78 is 0. The van der Waals surface area contributed by atoms with Crippen LogP contribution in [-0.4, -0.2) is 53.5 Å². The van der Waals surface area contributed by atoms with E-state index >= 15 is 0 Å². The van der Waals surface area contributed by atoms with E-state index in [0.29, 0.717) is 25.9 Å². The highest BCUT2D eigenvalue weighted by Gasteiger charge is 2.31. The van der Waals surface area contributed by atoms with Crippen molar-refractivity contribution in [3.63, 3.8) is 0 Å². The second kappa shape index (κ2) is 7.65. The maximum absolute atomic E-state index is 12.1. The number of carboxylic acids is 1. The van der Waals surface area contributed by atoms with Crippen molar-refractivity contribution >= 4 is 23.5 Å². The van der Waals surface area contributed by atoms with Crippen molar-refractivity contribution in [1.29, 1.82) is 0 Å². The molecule has 0 saturated carbocycles. The monoisotopic (exact) mass is 345 g/mol. The number of hydrogen-bond donors (Lipinski definition) is 2. The van der Waals surface area contributed by atoms with Crippen molar-refractivity contribution in [3.05, 3.63) is 29.8 Å². The minimum absolute atomic E-state index is 0.108. The molecule has 2 N–H and O–H groups in total. The smallest absolute Gasteiger partial charge is 0.320 e. The van der Waals surface area contributed by atoms with E-state index in [1.165, 1.54) is 0 Å². The van der Waals surface area contributed by atoms with Gasteiger partial charge in [-0.3, -0.25) is 19.3 Å². The van der Waals surface area contributed by atoms with Crippen LogP contribution in [0.15, 0.2) is 24.3 Å². The van der Waals surface area contributed by atoms with Crippen LogP contribution in [0.3, 0.4) is 0 Å². The molecular weight excluding hydrogens is 322 g/mol. The van der Waals surface area contributed by atoms with E-state index in [9.17, 15) is 14.4 Å². The summed E-state index contributed by atoms with van der Waals surface area (Å²) in [6.45, 7) is 1.90. The van der Waals surface area contributed by atoms with Crippen molar-refractivity contribution in [2.24, 2.45) is 0 Å². The Kier molecular flexibility index (Phi) is 5.33. The van der Waals surface area contributed by atoms with Gasteiger partial charge in [0.05, 0.1) is 6.54 Å². The Bertz CT molecular complexity index is 659. The van der Waals surface area contributed by atoms with Crippen LogP contribution in [0.25, 0.3) is 0 Å². The number of carbonyl (C=O) groups is 3. The molecule has 25 heavy (non-hydrogen) atoms. The Morgan fingerprint density at radius 1 is 1.16 bits per heavy atom. The predicted octanol–water partition coefficient (Wildman–Crippen LogP) is 0.979. The predicted molar refractivity (Wildman–Crippen MR) is 92.1 cm³/mol. The molecule has 0 radical (unpaired) electrons. The molecule has 2 fully saturated rings. The molecule has 0 bridgehead atoms. The highest BCUT2D eigenvalue weighted by atomic mass is 16.4. The first kappa shape index (κ1) is 17.4. The van der Waals surface area contributed by atoms with E-state index in [-0.39, 0.29) is 18.4 Å². The highest BCUT2D eigenvalue weighted by Crippen LogP contribution is 2.21. The third-order valence-corrected chi connectivity index (χ3v) is 4.81. The van der Waals surface area contributed by atoms with Crippen LogP contribution in [0.5, 0.6) is 0 Å². The molecule has 7 nitrogen and oxygen atoms in total. The van der Waals surface area contributed by atoms with Gasteiger partial charge in [0.2, 0.25) is 11.8 Å². The van der Waals surface area contributed by atoms with E-state index < -0.39 is 12.0 Å². The molecule has 2 aliphatic rings. The van der Waals surface area contributed by atoms with Gasteiger partial charge in [0, 0.05) is 25.2 Å². The van der Waals surface area contributed by atoms with Crippen molar-refractivity contribution < 1.29 is 19.5 Å². The first-order chi connectivity index (χ1) is 12.0. The quantitative estimate of drug-likeness (QED) is 0.802. The Balaban J connectivity index is 1.49. The summed E-state index contributed by atoms with van der Waals surface area (Å²) in [6, 6.07) is 7.04. The molecule has 1 aromatic carbocycles. The number of likely N-dealkylation sites (tertiary alicyclic amines) is 1. The molecule has 1 aromatic rings. The molecule has 134 valence electrons. The zero-order valence-electron chi connectivity index (χ0n) is 14.1. The zero-order chi connectivity index (χ0) is 17.8. The van der Waals surface area contributed by atoms with Crippen molar-refractivity contribution in [2.45, 2.75) is 38.3 Å². The fourth-order valence-electron chi connectivity index (χ4n) is 3.45. The lowest BCUT2D eigenvalue weighted by atomic mass is 10.2. The number of amides is 2. The molecule has 3 rings (SSSR count). The maximum Gasteiger partial charge on any atom is 0.320 e. The fourth-order valence-corrected chi connectivity index (χ4v) is 3.45. The third-order valence-electron chi connectivity index (χ3n) is 4.81. The average Bonchev–Trinajstić information content (AvgIpc) is 3.22. The van der Waals surface area contributed by atoms with Gasteiger partial charge in [0.1, 0.15) is 6.04 Å². The van der Waals surface area contributed by atoms with E-state index in [2.05, 4.69) is 5.32 Å². The Hall–Kier alpha value is -2.41. The molecule has 1 atom stereocenters. The SMILES string of the molecule is O=C(CN1CCCC1C(=O)O)NCc1ccc(N2CCCC2=O)cc1. The van der Waals surface area contributed by atoms with Gasteiger partial charge in [-0.1, -0.05) is 12.1 Å². The van der Waals surface area contributed by atoms with E-state index in [1.54, 1.807) is 9.80 Å². The number of nitrogens with zero attached hydrogens (tertiary/aromatic N) is 2. The summed E-state index contributed by atoms with van der Waals surface area (Å²) in [5.74, 6) is -0.885. The average molecular weight is 345 g/mol. The summed E-state index contributed by atoms with van der Waals surface area (Å²) in [5.41, 5.74) is 1.83. The second-order valence-corrected chi connectivity index (χ2v) is 6.56. The van der Waals surface area contributed by atoms with Crippen LogP contribution in [0, 0.1) is 0 Å². The molecule has 2 amide bonds. The van der Waals surface area contributed by atoms with Crippen LogP contribution in [0.4, 0.5) is 5.69 Å². The van der Waals surface area contributed by atoms with Crippen LogP contribution < -0.4 is 10.2 Å². The van der Waals surface area contributed by atoms with Crippen LogP contribution in [0.2, 0.25) is 0 Å². The number of rotatable bonds is 6. The third kappa shape index (κ3) is 4.17. The minimum atomic E-state index is -0.864. The lowest BCUT2D eigenvalue weighted by Crippen LogP contribution is -2.42. The second-order valence-electron chi connectivity index (χ2n) is 6.56. The topological polar surface area (TPSA) is 89.9 Å². The molecule has 0 aliphatic carbocycles. The number of carboxylic acid groups (broad SMARTS) is 1. The first-order valence-electron chi connectivity index (χ1n) is 8.67. The molecule has 2 saturated heterocycles. The Labute approximate surface area is 146 Å². The summed E-state index contributed by atoms with van der Waals surface area (Å²) in [5, 5.41) is 12.0. The van der Waals surface area contributed by atoms with Crippen molar-refractivity contribution in [3.8, 4) is 0 Å².